The number of aryl methyl sites for hydroxylation is 1. The molecule has 4 heterocycles. The minimum absolute atomic E-state index is 0.0432. The third-order valence-electron chi connectivity index (χ3n) is 7.49. The maximum absolute atomic E-state index is 15.3. The molecule has 2 aromatic carbocycles. The van der Waals surface area contributed by atoms with Gasteiger partial charge in [0.05, 0.1) is 27.1 Å². The second-order valence-electron chi connectivity index (χ2n) is 10.5. The highest BCUT2D eigenvalue weighted by Crippen LogP contribution is 2.39. The highest BCUT2D eigenvalue weighted by molar-refractivity contribution is 7.22. The number of imidazole rings is 1. The van der Waals surface area contributed by atoms with Crippen molar-refractivity contribution >= 4 is 33.1 Å². The van der Waals surface area contributed by atoms with Gasteiger partial charge < -0.3 is 14.6 Å². The van der Waals surface area contributed by atoms with Gasteiger partial charge >= 0.3 is 0 Å². The fraction of sp³-hybridized carbons (Fsp3) is 0.143. The molecule has 46 heavy (non-hydrogen) atoms. The first-order valence-electron chi connectivity index (χ1n) is 14.6. The van der Waals surface area contributed by atoms with Crippen LogP contribution in [0.1, 0.15) is 35.5 Å². The van der Waals surface area contributed by atoms with E-state index >= 15 is 4.39 Å². The summed E-state index contributed by atoms with van der Waals surface area (Å²) in [5.74, 6) is -1.47. The SMILES string of the molecule is CC=CCc1cc(C(=O)Nc2ccc(Oc3ccnc4cc(-c5cn(CC)cn5)sc34)c(F)c2)c(=O)n(-c2ccc(F)cc2)c1C. The quantitative estimate of drug-likeness (QED) is 0.162. The van der Waals surface area contributed by atoms with Crippen LogP contribution in [0.4, 0.5) is 14.5 Å². The molecule has 1 N–H and O–H groups in total. The molecule has 0 aliphatic carbocycles. The van der Waals surface area contributed by atoms with E-state index < -0.39 is 23.1 Å². The van der Waals surface area contributed by atoms with Gasteiger partial charge in [-0.3, -0.25) is 19.1 Å². The van der Waals surface area contributed by atoms with E-state index in [9.17, 15) is 14.0 Å². The zero-order chi connectivity index (χ0) is 32.4. The maximum atomic E-state index is 15.3. The number of aromatic nitrogens is 4. The minimum atomic E-state index is -0.706. The summed E-state index contributed by atoms with van der Waals surface area (Å²) in [5.41, 5.74) is 2.73. The van der Waals surface area contributed by atoms with Crippen molar-refractivity contribution in [3.05, 3.63) is 130 Å². The van der Waals surface area contributed by atoms with Gasteiger partial charge in [0, 0.05) is 48.1 Å². The van der Waals surface area contributed by atoms with E-state index in [1.54, 1.807) is 25.5 Å². The molecule has 0 aliphatic rings. The largest absolute Gasteiger partial charge is 0.453 e. The predicted octanol–water partition coefficient (Wildman–Crippen LogP) is 8.08. The van der Waals surface area contributed by atoms with E-state index in [0.29, 0.717) is 29.1 Å². The van der Waals surface area contributed by atoms with Crippen LogP contribution in [0.2, 0.25) is 0 Å². The monoisotopic (exact) mass is 637 g/mol. The average Bonchev–Trinajstić information content (AvgIpc) is 3.71. The van der Waals surface area contributed by atoms with Crippen molar-refractivity contribution in [1.29, 1.82) is 0 Å². The number of carbonyl (C=O) groups excluding carboxylic acids is 1. The standard InChI is InChI=1S/C35H29F2N5O3S/c1-4-6-7-22-16-26(35(44)42(21(22)3)25-11-8-23(36)9-12-25)34(43)40-24-10-13-30(27(37)17-24)45-31-14-15-38-28-18-32(46-33(28)31)29-19-41(5-2)20-39-29/h4,6,8-20H,5,7H2,1-3H3,(H,40,43). The summed E-state index contributed by atoms with van der Waals surface area (Å²) in [6.07, 6.45) is 9.56. The summed E-state index contributed by atoms with van der Waals surface area (Å²) in [6.45, 7) is 6.48. The Hall–Kier alpha value is -5.42. The summed E-state index contributed by atoms with van der Waals surface area (Å²) >= 11 is 1.45. The first-order chi connectivity index (χ1) is 22.2. The average molecular weight is 638 g/mol. The maximum Gasteiger partial charge on any atom is 0.268 e. The van der Waals surface area contributed by atoms with Crippen LogP contribution in [0.15, 0.2) is 96.3 Å². The van der Waals surface area contributed by atoms with E-state index in [4.69, 9.17) is 4.74 Å². The molecule has 11 heteroatoms. The zero-order valence-electron chi connectivity index (χ0n) is 25.3. The summed E-state index contributed by atoms with van der Waals surface area (Å²) in [4.78, 5) is 36.8. The number of amides is 1. The fourth-order valence-electron chi connectivity index (χ4n) is 5.03. The van der Waals surface area contributed by atoms with Crippen LogP contribution < -0.4 is 15.6 Å². The number of hydrogen-bond donors (Lipinski definition) is 1. The number of thiophene rings is 1. The van der Waals surface area contributed by atoms with Gasteiger partial charge in [-0.25, -0.2) is 13.8 Å². The molecule has 8 nitrogen and oxygen atoms in total. The van der Waals surface area contributed by atoms with Crippen LogP contribution in [0.5, 0.6) is 11.5 Å². The zero-order valence-corrected chi connectivity index (χ0v) is 26.1. The van der Waals surface area contributed by atoms with Gasteiger partial charge in [-0.05, 0) is 81.3 Å². The molecule has 232 valence electrons. The number of hydrogen-bond acceptors (Lipinski definition) is 6. The second-order valence-corrected chi connectivity index (χ2v) is 11.5. The van der Waals surface area contributed by atoms with E-state index in [-0.39, 0.29) is 17.0 Å². The van der Waals surface area contributed by atoms with E-state index in [0.717, 1.165) is 33.4 Å². The van der Waals surface area contributed by atoms with Crippen molar-refractivity contribution in [2.45, 2.75) is 33.7 Å². The Morgan fingerprint density at radius 1 is 1.04 bits per heavy atom. The van der Waals surface area contributed by atoms with E-state index in [1.807, 2.05) is 42.8 Å². The molecule has 1 amide bonds. The number of fused-ring (bicyclic) bond motifs is 1. The Bertz CT molecular complexity index is 2170. The minimum Gasteiger partial charge on any atom is -0.453 e. The van der Waals surface area contributed by atoms with Crippen LogP contribution in [-0.4, -0.2) is 25.0 Å². The number of ether oxygens (including phenoxy) is 1. The van der Waals surface area contributed by atoms with E-state index in [2.05, 4.69) is 15.3 Å². The lowest BCUT2D eigenvalue weighted by Crippen LogP contribution is -2.30. The molecule has 6 aromatic rings. The Morgan fingerprint density at radius 2 is 1.85 bits per heavy atom. The molecular formula is C35H29F2N5O3S. The van der Waals surface area contributed by atoms with Crippen LogP contribution in [0.3, 0.4) is 0 Å². The van der Waals surface area contributed by atoms with Gasteiger partial charge in [-0.2, -0.15) is 0 Å². The molecule has 0 spiro atoms. The number of anilines is 1. The first kappa shape index (κ1) is 30.6. The van der Waals surface area contributed by atoms with Crippen molar-refractivity contribution in [2.24, 2.45) is 0 Å². The number of pyridine rings is 2. The molecule has 0 unspecified atom stereocenters. The summed E-state index contributed by atoms with van der Waals surface area (Å²) in [6, 6.07) is 14.6. The highest BCUT2D eigenvalue weighted by atomic mass is 32.1. The summed E-state index contributed by atoms with van der Waals surface area (Å²) < 4.78 is 39.0. The van der Waals surface area contributed by atoms with Crippen molar-refractivity contribution < 1.29 is 18.3 Å². The third kappa shape index (κ3) is 6.09. The van der Waals surface area contributed by atoms with Crippen molar-refractivity contribution in [3.8, 4) is 27.8 Å². The molecule has 0 saturated heterocycles. The molecule has 0 fully saturated rings. The third-order valence-corrected chi connectivity index (χ3v) is 8.65. The molecule has 4 aromatic heterocycles. The Balaban J connectivity index is 1.27. The van der Waals surface area contributed by atoms with E-state index in [1.165, 1.54) is 58.4 Å². The number of nitrogens with one attached hydrogen (secondary N) is 1. The molecule has 0 saturated carbocycles. The van der Waals surface area contributed by atoms with Gasteiger partial charge in [0.1, 0.15) is 17.1 Å². The van der Waals surface area contributed by atoms with Crippen LogP contribution in [0, 0.1) is 18.6 Å². The lowest BCUT2D eigenvalue weighted by molar-refractivity contribution is 0.102. The van der Waals surface area contributed by atoms with Crippen LogP contribution in [0.25, 0.3) is 26.5 Å². The Labute approximate surface area is 267 Å². The fourth-order valence-corrected chi connectivity index (χ4v) is 6.06. The van der Waals surface area contributed by atoms with Crippen molar-refractivity contribution in [1.82, 2.24) is 19.1 Å². The number of allylic oxidation sites excluding steroid dienone is 2. The van der Waals surface area contributed by atoms with Gasteiger partial charge in [0.2, 0.25) is 0 Å². The summed E-state index contributed by atoms with van der Waals surface area (Å²) in [5, 5.41) is 2.64. The Morgan fingerprint density at radius 3 is 2.57 bits per heavy atom. The van der Waals surface area contributed by atoms with Gasteiger partial charge in [0.25, 0.3) is 11.5 Å². The predicted molar refractivity (Wildman–Crippen MR) is 176 cm³/mol. The lowest BCUT2D eigenvalue weighted by Gasteiger charge is -2.16. The number of nitrogens with zero attached hydrogens (tertiary/aromatic N) is 4. The topological polar surface area (TPSA) is 91.0 Å². The molecule has 0 atom stereocenters. The van der Waals surface area contributed by atoms with Crippen molar-refractivity contribution in [2.75, 3.05) is 5.32 Å². The second kappa shape index (κ2) is 12.9. The molecule has 0 bridgehead atoms. The normalized spacial score (nSPS) is 11.4. The first-order valence-corrected chi connectivity index (χ1v) is 15.4. The summed E-state index contributed by atoms with van der Waals surface area (Å²) in [7, 11) is 0. The van der Waals surface area contributed by atoms with Gasteiger partial charge in [0.15, 0.2) is 11.6 Å². The molecular weight excluding hydrogens is 608 g/mol. The number of rotatable bonds is 9. The van der Waals surface area contributed by atoms with Crippen molar-refractivity contribution in [3.63, 3.8) is 0 Å². The van der Waals surface area contributed by atoms with Gasteiger partial charge in [-0.1, -0.05) is 12.2 Å². The van der Waals surface area contributed by atoms with Crippen LogP contribution >= 0.6 is 11.3 Å². The molecule has 0 radical (unpaired) electrons. The number of halogens is 2. The Kier molecular flexibility index (Phi) is 8.58. The van der Waals surface area contributed by atoms with Crippen LogP contribution in [-0.2, 0) is 13.0 Å². The number of benzene rings is 2. The smallest absolute Gasteiger partial charge is 0.268 e. The molecule has 0 aliphatic heterocycles. The van der Waals surface area contributed by atoms with Gasteiger partial charge in [-0.15, -0.1) is 11.3 Å². The highest BCUT2D eigenvalue weighted by Gasteiger charge is 2.20. The lowest BCUT2D eigenvalue weighted by atomic mass is 10.1. The molecule has 6 rings (SSSR count). The number of carbonyl (C=O) groups is 1.